The summed E-state index contributed by atoms with van der Waals surface area (Å²) in [5, 5.41) is 17.4. The minimum atomic E-state index is -0.572. The van der Waals surface area contributed by atoms with Gasteiger partial charge in [-0.2, -0.15) is 5.10 Å². The Morgan fingerprint density at radius 2 is 2.06 bits per heavy atom. The van der Waals surface area contributed by atoms with E-state index in [1.807, 2.05) is 0 Å². The van der Waals surface area contributed by atoms with Crippen molar-refractivity contribution in [3.8, 4) is 5.75 Å². The van der Waals surface area contributed by atoms with E-state index in [4.69, 9.17) is 9.47 Å². The molecule has 1 saturated heterocycles. The third-order valence-corrected chi connectivity index (χ3v) is 4.50. The zero-order chi connectivity index (χ0) is 22.1. The van der Waals surface area contributed by atoms with E-state index in [0.717, 1.165) is 19.4 Å². The second-order valence-electron chi connectivity index (χ2n) is 6.80. The summed E-state index contributed by atoms with van der Waals surface area (Å²) in [5.41, 5.74) is 2.97. The van der Waals surface area contributed by atoms with E-state index in [-0.39, 0.29) is 29.9 Å². The predicted octanol–water partition coefficient (Wildman–Crippen LogP) is 2.03. The van der Waals surface area contributed by atoms with Crippen molar-refractivity contribution >= 4 is 23.7 Å². The zero-order valence-corrected chi connectivity index (χ0v) is 16.7. The Kier molecular flexibility index (Phi) is 7.66. The maximum Gasteiger partial charge on any atom is 0.271 e. The van der Waals surface area contributed by atoms with Gasteiger partial charge in [0.05, 0.1) is 17.2 Å². The summed E-state index contributed by atoms with van der Waals surface area (Å²) in [5.74, 6) is -0.260. The lowest BCUT2D eigenvalue weighted by Crippen LogP contribution is -2.35. The van der Waals surface area contributed by atoms with Crippen LogP contribution in [0.2, 0.25) is 0 Å². The third kappa shape index (κ3) is 6.89. The number of carbonyl (C=O) groups excluding carboxylic acids is 2. The topological polar surface area (TPSA) is 132 Å². The van der Waals surface area contributed by atoms with Gasteiger partial charge in [0.15, 0.2) is 6.61 Å². The number of ether oxygens (including phenoxy) is 2. The lowest BCUT2D eigenvalue weighted by molar-refractivity contribution is -0.384. The van der Waals surface area contributed by atoms with Gasteiger partial charge in [-0.25, -0.2) is 5.43 Å². The summed E-state index contributed by atoms with van der Waals surface area (Å²) in [4.78, 5) is 34.1. The van der Waals surface area contributed by atoms with E-state index in [2.05, 4.69) is 15.8 Å². The molecule has 0 unspecified atom stereocenters. The first kappa shape index (κ1) is 21.9. The Morgan fingerprint density at radius 1 is 1.26 bits per heavy atom. The minimum absolute atomic E-state index is 0.0834. The number of rotatable bonds is 9. The molecule has 1 aliphatic rings. The minimum Gasteiger partial charge on any atom is -0.484 e. The molecule has 1 atom stereocenters. The van der Waals surface area contributed by atoms with Crippen LogP contribution in [0.3, 0.4) is 0 Å². The lowest BCUT2D eigenvalue weighted by Gasteiger charge is -2.11. The molecule has 162 valence electrons. The van der Waals surface area contributed by atoms with Crippen LogP contribution in [-0.2, 0) is 9.53 Å². The van der Waals surface area contributed by atoms with Crippen molar-refractivity contribution in [2.24, 2.45) is 5.10 Å². The first-order valence-electron chi connectivity index (χ1n) is 9.70. The van der Waals surface area contributed by atoms with Gasteiger partial charge < -0.3 is 14.8 Å². The number of nitrogens with one attached hydrogen (secondary N) is 2. The largest absolute Gasteiger partial charge is 0.484 e. The highest BCUT2D eigenvalue weighted by Crippen LogP contribution is 2.14. The summed E-state index contributed by atoms with van der Waals surface area (Å²) in [6, 6.07) is 12.1. The average Bonchev–Trinajstić information content (AvgIpc) is 3.31. The highest BCUT2D eigenvalue weighted by Gasteiger charge is 2.16. The Hall–Kier alpha value is -3.79. The van der Waals surface area contributed by atoms with E-state index >= 15 is 0 Å². The molecule has 10 heteroatoms. The van der Waals surface area contributed by atoms with Gasteiger partial charge in [0.1, 0.15) is 5.75 Å². The number of carbonyl (C=O) groups is 2. The summed E-state index contributed by atoms with van der Waals surface area (Å²) in [6.45, 7) is 1.13. The van der Waals surface area contributed by atoms with Crippen LogP contribution in [0.15, 0.2) is 53.6 Å². The molecule has 2 N–H and O–H groups in total. The van der Waals surface area contributed by atoms with Crippen LogP contribution in [0.1, 0.15) is 28.8 Å². The normalized spacial score (nSPS) is 15.5. The Balaban J connectivity index is 1.42. The van der Waals surface area contributed by atoms with Crippen molar-refractivity contribution in [1.82, 2.24) is 10.7 Å². The molecule has 2 aromatic carbocycles. The van der Waals surface area contributed by atoms with Crippen LogP contribution in [0.4, 0.5) is 5.69 Å². The predicted molar refractivity (Wildman–Crippen MR) is 112 cm³/mol. The fraction of sp³-hybridized carbons (Fsp3) is 0.286. The molecule has 2 aromatic rings. The number of hydrazone groups is 1. The molecule has 31 heavy (non-hydrogen) atoms. The average molecular weight is 426 g/mol. The molecule has 1 aliphatic heterocycles. The number of non-ortho nitro benzene ring substituents is 1. The molecule has 1 heterocycles. The van der Waals surface area contributed by atoms with Gasteiger partial charge in [-0.1, -0.05) is 6.07 Å². The number of hydrogen-bond acceptors (Lipinski definition) is 7. The van der Waals surface area contributed by atoms with Crippen molar-refractivity contribution in [3.05, 3.63) is 69.8 Å². The molecule has 0 aromatic heterocycles. The monoisotopic (exact) mass is 426 g/mol. The maximum atomic E-state index is 12.0. The van der Waals surface area contributed by atoms with Crippen LogP contribution in [0.5, 0.6) is 5.75 Å². The van der Waals surface area contributed by atoms with E-state index < -0.39 is 10.8 Å². The zero-order valence-electron chi connectivity index (χ0n) is 16.7. The Bertz CT molecular complexity index is 955. The molecule has 0 saturated carbocycles. The van der Waals surface area contributed by atoms with E-state index in [1.54, 1.807) is 24.3 Å². The molecule has 0 radical (unpaired) electrons. The Morgan fingerprint density at radius 3 is 2.77 bits per heavy atom. The fourth-order valence-corrected chi connectivity index (χ4v) is 2.87. The number of amides is 2. The van der Waals surface area contributed by atoms with Crippen LogP contribution in [0.25, 0.3) is 0 Å². The van der Waals surface area contributed by atoms with Crippen molar-refractivity contribution in [2.45, 2.75) is 18.9 Å². The van der Waals surface area contributed by atoms with Crippen LogP contribution in [-0.4, -0.2) is 48.8 Å². The third-order valence-electron chi connectivity index (χ3n) is 4.50. The molecular formula is C21H22N4O6. The summed E-state index contributed by atoms with van der Waals surface area (Å²) in [6.07, 6.45) is 3.48. The number of nitrogens with zero attached hydrogens (tertiary/aromatic N) is 2. The quantitative estimate of drug-likeness (QED) is 0.358. The highest BCUT2D eigenvalue weighted by atomic mass is 16.6. The lowest BCUT2D eigenvalue weighted by atomic mass is 10.2. The SMILES string of the molecule is O=C(COc1ccc(/C=N\NC(=O)c2cccc([N+](=O)[O-])c2)cc1)NC[C@@H]1CCCO1. The van der Waals surface area contributed by atoms with Gasteiger partial charge in [-0.15, -0.1) is 0 Å². The summed E-state index contributed by atoms with van der Waals surface area (Å²) in [7, 11) is 0. The molecule has 1 fully saturated rings. The molecule has 0 aliphatic carbocycles. The van der Waals surface area contributed by atoms with Gasteiger partial charge in [0, 0.05) is 30.8 Å². The molecule has 0 bridgehead atoms. The Labute approximate surface area is 178 Å². The highest BCUT2D eigenvalue weighted by molar-refractivity contribution is 5.95. The van der Waals surface area contributed by atoms with E-state index in [9.17, 15) is 19.7 Å². The van der Waals surface area contributed by atoms with Gasteiger partial charge in [0.2, 0.25) is 0 Å². The first-order valence-corrected chi connectivity index (χ1v) is 9.70. The van der Waals surface area contributed by atoms with E-state index in [1.165, 1.54) is 30.5 Å². The number of nitro groups is 1. The molecular weight excluding hydrogens is 404 g/mol. The van der Waals surface area contributed by atoms with Crippen LogP contribution < -0.4 is 15.5 Å². The van der Waals surface area contributed by atoms with Gasteiger partial charge in [0.25, 0.3) is 17.5 Å². The second-order valence-corrected chi connectivity index (χ2v) is 6.80. The molecule has 10 nitrogen and oxygen atoms in total. The van der Waals surface area contributed by atoms with Gasteiger partial charge >= 0.3 is 0 Å². The van der Waals surface area contributed by atoms with Crippen molar-refractivity contribution in [2.75, 3.05) is 19.8 Å². The standard InChI is InChI=1S/C21H22N4O6/c26-20(22-13-19-5-2-10-30-19)14-31-18-8-6-15(7-9-18)12-23-24-21(27)16-3-1-4-17(11-16)25(28)29/h1,3-4,6-9,11-12,19H,2,5,10,13-14H2,(H,22,26)(H,24,27)/b23-12-/t19-/m0/s1. The number of hydrogen-bond donors (Lipinski definition) is 2. The van der Waals surface area contributed by atoms with Crippen LogP contribution >= 0.6 is 0 Å². The molecule has 3 rings (SSSR count). The smallest absolute Gasteiger partial charge is 0.271 e. The fourth-order valence-electron chi connectivity index (χ4n) is 2.87. The maximum absolute atomic E-state index is 12.0. The van der Waals surface area contributed by atoms with Crippen molar-refractivity contribution < 1.29 is 24.0 Å². The second kappa shape index (κ2) is 10.8. The number of benzene rings is 2. The van der Waals surface area contributed by atoms with Crippen LogP contribution in [0, 0.1) is 10.1 Å². The van der Waals surface area contributed by atoms with Gasteiger partial charge in [-0.05, 0) is 48.7 Å². The summed E-state index contributed by atoms with van der Waals surface area (Å²) >= 11 is 0. The first-order chi connectivity index (χ1) is 15.0. The number of nitro benzene ring substituents is 1. The molecule has 2 amide bonds. The van der Waals surface area contributed by atoms with Crippen molar-refractivity contribution in [1.29, 1.82) is 0 Å². The molecule has 0 spiro atoms. The van der Waals surface area contributed by atoms with Gasteiger partial charge in [-0.3, -0.25) is 19.7 Å². The van der Waals surface area contributed by atoms with Crippen molar-refractivity contribution in [3.63, 3.8) is 0 Å². The van der Waals surface area contributed by atoms with E-state index in [0.29, 0.717) is 17.9 Å². The summed E-state index contributed by atoms with van der Waals surface area (Å²) < 4.78 is 10.9.